The van der Waals surface area contributed by atoms with E-state index < -0.39 is 86.6 Å². The molecule has 3 rings (SSSR count). The highest BCUT2D eigenvalue weighted by Gasteiger charge is 2.52. The summed E-state index contributed by atoms with van der Waals surface area (Å²) < 4.78 is 27.8. The van der Waals surface area contributed by atoms with Gasteiger partial charge >= 0.3 is 11.9 Å². The fraction of sp³-hybridized carbons (Fsp3) is 0.944. The van der Waals surface area contributed by atoms with E-state index in [0.29, 0.717) is 19.3 Å². The summed E-state index contributed by atoms with van der Waals surface area (Å²) in [6, 6.07) is 0. The average molecular weight is 705 g/mol. The molecule has 10 atom stereocenters. The zero-order valence-electron chi connectivity index (χ0n) is 29.4. The van der Waals surface area contributed by atoms with Gasteiger partial charge in [0, 0.05) is 6.42 Å². The Hall–Kier alpha value is -1.42. The molecule has 0 radical (unpaired) electrons. The number of carbonyl (C=O) groups excluding carboxylic acids is 2. The maximum Gasteiger partial charge on any atom is 0.309 e. The van der Waals surface area contributed by atoms with Gasteiger partial charge in [-0.15, -0.1) is 0 Å². The summed E-state index contributed by atoms with van der Waals surface area (Å²) in [6.07, 6.45) is 5.11. The Morgan fingerprint density at radius 2 is 1.20 bits per heavy atom. The third kappa shape index (κ3) is 13.9. The third-order valence-corrected chi connectivity index (χ3v) is 10.1. The van der Waals surface area contributed by atoms with Crippen LogP contribution in [0.25, 0.3) is 0 Å². The minimum atomic E-state index is -1.79. The molecule has 286 valence electrons. The molecule has 2 aliphatic heterocycles. The number of aliphatic hydroxyl groups is 6. The molecule has 0 spiro atoms. The summed E-state index contributed by atoms with van der Waals surface area (Å²) in [5.74, 6) is -1.37. The van der Waals surface area contributed by atoms with E-state index in [-0.39, 0.29) is 12.3 Å². The van der Waals surface area contributed by atoms with E-state index in [9.17, 15) is 40.2 Å². The molecule has 49 heavy (non-hydrogen) atoms. The van der Waals surface area contributed by atoms with Crippen LogP contribution in [-0.2, 0) is 33.3 Å². The lowest BCUT2D eigenvalue weighted by atomic mass is 9.89. The molecule has 0 bridgehead atoms. The molecule has 0 unspecified atom stereocenters. The SMILES string of the molecule is CCCCCCCCCCCCCCCCC(=O)OC[C@H]1O[C@@H](O[C@H]2[C@H](O)[C@@H](O)[C@H](O)O[C@@H]2CO)[C@H](O)[C@@H](O)[C@@H]1OC(=O)C1CCCCC1. The van der Waals surface area contributed by atoms with E-state index in [1.54, 1.807) is 0 Å². The first-order valence-corrected chi connectivity index (χ1v) is 19.0. The van der Waals surface area contributed by atoms with Crippen LogP contribution >= 0.6 is 0 Å². The normalized spacial score (nSPS) is 32.6. The van der Waals surface area contributed by atoms with Gasteiger partial charge in [0.25, 0.3) is 0 Å². The lowest BCUT2D eigenvalue weighted by Gasteiger charge is -2.46. The van der Waals surface area contributed by atoms with Crippen LogP contribution in [-0.4, -0.2) is 117 Å². The van der Waals surface area contributed by atoms with Gasteiger partial charge in [0.2, 0.25) is 0 Å². The second kappa shape index (κ2) is 23.2. The molecular weight excluding hydrogens is 640 g/mol. The van der Waals surface area contributed by atoms with Crippen LogP contribution in [0, 0.1) is 5.92 Å². The highest BCUT2D eigenvalue weighted by atomic mass is 16.7. The molecule has 6 N–H and O–H groups in total. The smallest absolute Gasteiger partial charge is 0.309 e. The molecule has 13 nitrogen and oxygen atoms in total. The molecule has 3 fully saturated rings. The number of esters is 2. The van der Waals surface area contributed by atoms with E-state index >= 15 is 0 Å². The maximum absolute atomic E-state index is 13.0. The minimum Gasteiger partial charge on any atom is -0.463 e. The number of aliphatic hydroxyl groups excluding tert-OH is 6. The second-order valence-electron chi connectivity index (χ2n) is 14.1. The van der Waals surface area contributed by atoms with Crippen molar-refractivity contribution in [2.75, 3.05) is 13.2 Å². The lowest BCUT2D eigenvalue weighted by Crippen LogP contribution is -2.65. The van der Waals surface area contributed by atoms with Gasteiger partial charge in [0.05, 0.1) is 12.5 Å². The van der Waals surface area contributed by atoms with Crippen molar-refractivity contribution in [3.05, 3.63) is 0 Å². The van der Waals surface area contributed by atoms with Crippen molar-refractivity contribution >= 4 is 11.9 Å². The lowest BCUT2D eigenvalue weighted by molar-refractivity contribution is -0.355. The quantitative estimate of drug-likeness (QED) is 0.0710. The number of rotatable bonds is 22. The van der Waals surface area contributed by atoms with Crippen LogP contribution < -0.4 is 0 Å². The predicted molar refractivity (Wildman–Crippen MR) is 178 cm³/mol. The molecule has 3 aliphatic rings. The van der Waals surface area contributed by atoms with Crippen LogP contribution in [0.15, 0.2) is 0 Å². The van der Waals surface area contributed by atoms with E-state index in [1.807, 2.05) is 0 Å². The van der Waals surface area contributed by atoms with Gasteiger partial charge in [-0.1, -0.05) is 110 Å². The van der Waals surface area contributed by atoms with E-state index in [4.69, 9.17) is 23.7 Å². The summed E-state index contributed by atoms with van der Waals surface area (Å²) in [7, 11) is 0. The molecule has 0 aromatic carbocycles. The van der Waals surface area contributed by atoms with Gasteiger partial charge in [-0.3, -0.25) is 9.59 Å². The summed E-state index contributed by atoms with van der Waals surface area (Å²) in [5, 5.41) is 62.1. The molecule has 0 aromatic heterocycles. The molecule has 0 amide bonds. The molecule has 1 saturated carbocycles. The largest absolute Gasteiger partial charge is 0.463 e. The van der Waals surface area contributed by atoms with Crippen molar-refractivity contribution in [3.63, 3.8) is 0 Å². The Morgan fingerprint density at radius 1 is 0.653 bits per heavy atom. The highest BCUT2D eigenvalue weighted by Crippen LogP contribution is 2.32. The van der Waals surface area contributed by atoms with Crippen LogP contribution in [0.3, 0.4) is 0 Å². The van der Waals surface area contributed by atoms with Gasteiger partial charge in [-0.2, -0.15) is 0 Å². The summed E-state index contributed by atoms with van der Waals surface area (Å²) in [4.78, 5) is 25.7. The topological polar surface area (TPSA) is 202 Å². The van der Waals surface area contributed by atoms with Gasteiger partial charge < -0.3 is 54.3 Å². The summed E-state index contributed by atoms with van der Waals surface area (Å²) in [5.41, 5.74) is 0. The fourth-order valence-electron chi connectivity index (χ4n) is 6.97. The van der Waals surface area contributed by atoms with Crippen molar-refractivity contribution in [2.45, 2.75) is 197 Å². The van der Waals surface area contributed by atoms with E-state index in [1.165, 1.54) is 64.2 Å². The van der Waals surface area contributed by atoms with Crippen molar-refractivity contribution in [1.29, 1.82) is 0 Å². The molecular formula is C36H64O13. The summed E-state index contributed by atoms with van der Waals surface area (Å²) >= 11 is 0. The minimum absolute atomic E-state index is 0.187. The number of carbonyl (C=O) groups is 2. The molecule has 2 heterocycles. The van der Waals surface area contributed by atoms with Gasteiger partial charge in [-0.25, -0.2) is 0 Å². The Labute approximate surface area is 291 Å². The zero-order chi connectivity index (χ0) is 35.6. The molecule has 0 aromatic rings. The number of unbranched alkanes of at least 4 members (excludes halogenated alkanes) is 13. The van der Waals surface area contributed by atoms with Crippen molar-refractivity contribution in [3.8, 4) is 0 Å². The fourth-order valence-corrected chi connectivity index (χ4v) is 6.97. The first-order chi connectivity index (χ1) is 23.7. The monoisotopic (exact) mass is 704 g/mol. The standard InChI is InChI=1S/C36H64O13/c1-2-3-4-5-6-7-8-9-10-11-12-13-14-18-21-27(38)45-23-26-33(48-34(43)24-19-16-15-17-20-24)29(40)31(42)36(47-26)49-32-25(22-37)46-35(44)30(41)28(32)39/h24-26,28-33,35-37,39-42,44H,2-23H2,1H3/t25-,26-,28-,29-,30-,31-,32-,33-,35-,36+/m1/s1. The van der Waals surface area contributed by atoms with E-state index in [0.717, 1.165) is 38.5 Å². The average Bonchev–Trinajstić information content (AvgIpc) is 3.11. The molecule has 13 heteroatoms. The Morgan fingerprint density at radius 3 is 1.78 bits per heavy atom. The molecule has 1 aliphatic carbocycles. The number of hydrogen-bond acceptors (Lipinski definition) is 13. The first kappa shape index (κ1) is 42.0. The van der Waals surface area contributed by atoms with Crippen LogP contribution in [0.4, 0.5) is 0 Å². The maximum atomic E-state index is 13.0. The number of hydrogen-bond donors (Lipinski definition) is 6. The van der Waals surface area contributed by atoms with Crippen molar-refractivity contribution < 1.29 is 63.9 Å². The van der Waals surface area contributed by atoms with Gasteiger partial charge in [0.15, 0.2) is 18.7 Å². The zero-order valence-corrected chi connectivity index (χ0v) is 29.4. The first-order valence-electron chi connectivity index (χ1n) is 19.0. The highest BCUT2D eigenvalue weighted by molar-refractivity contribution is 5.73. The van der Waals surface area contributed by atoms with Crippen LogP contribution in [0.2, 0.25) is 0 Å². The number of ether oxygens (including phenoxy) is 5. The van der Waals surface area contributed by atoms with Crippen LogP contribution in [0.1, 0.15) is 135 Å². The predicted octanol–water partition coefficient (Wildman–Crippen LogP) is 3.16. The van der Waals surface area contributed by atoms with Gasteiger partial charge in [0.1, 0.15) is 49.3 Å². The van der Waals surface area contributed by atoms with Crippen LogP contribution in [0.5, 0.6) is 0 Å². The third-order valence-electron chi connectivity index (χ3n) is 10.1. The Kier molecular flexibility index (Phi) is 19.9. The molecule has 2 saturated heterocycles. The Balaban J connectivity index is 1.46. The van der Waals surface area contributed by atoms with Gasteiger partial charge in [-0.05, 0) is 19.3 Å². The van der Waals surface area contributed by atoms with E-state index in [2.05, 4.69) is 6.92 Å². The second-order valence-corrected chi connectivity index (χ2v) is 14.1. The van der Waals surface area contributed by atoms with Crippen molar-refractivity contribution in [1.82, 2.24) is 0 Å². The Bertz CT molecular complexity index is 913. The summed E-state index contributed by atoms with van der Waals surface area (Å²) in [6.45, 7) is 1.12. The van der Waals surface area contributed by atoms with Crippen molar-refractivity contribution in [2.24, 2.45) is 5.92 Å².